The molecule has 86 valence electrons. The summed E-state index contributed by atoms with van der Waals surface area (Å²) in [5.41, 5.74) is 1.90. The largest absolute Gasteiger partial charge is 0.369 e. The van der Waals surface area contributed by atoms with Crippen molar-refractivity contribution in [3.05, 3.63) is 24.5 Å². The molecule has 0 aromatic carbocycles. The predicted octanol–water partition coefficient (Wildman–Crippen LogP) is 1.61. The molecule has 3 heterocycles. The molecular weight excluding hydrogens is 198 g/mol. The first-order chi connectivity index (χ1) is 7.77. The molecule has 2 saturated heterocycles. The van der Waals surface area contributed by atoms with Crippen molar-refractivity contribution >= 4 is 5.69 Å². The minimum atomic E-state index is 0.613. The second kappa shape index (κ2) is 3.74. The van der Waals surface area contributed by atoms with Crippen molar-refractivity contribution in [3.63, 3.8) is 0 Å². The van der Waals surface area contributed by atoms with Crippen molar-refractivity contribution in [1.29, 1.82) is 0 Å². The molecule has 1 aromatic rings. The second-order valence-electron chi connectivity index (χ2n) is 5.37. The highest BCUT2D eigenvalue weighted by molar-refractivity contribution is 5.47. The lowest BCUT2D eigenvalue weighted by Gasteiger charge is -2.54. The molecule has 0 radical (unpaired) electrons. The summed E-state index contributed by atoms with van der Waals surface area (Å²) in [7, 11) is 2.23. The fraction of sp³-hybridized carbons (Fsp3) is 0.615. The first-order valence-electron chi connectivity index (χ1n) is 6.11. The topological polar surface area (TPSA) is 19.4 Å². The summed E-state index contributed by atoms with van der Waals surface area (Å²) in [5.74, 6) is 0. The molecule has 16 heavy (non-hydrogen) atoms. The van der Waals surface area contributed by atoms with Crippen LogP contribution >= 0.6 is 0 Å². The third-order valence-corrected chi connectivity index (χ3v) is 4.11. The van der Waals surface area contributed by atoms with Gasteiger partial charge in [-0.25, -0.2) is 0 Å². The Morgan fingerprint density at radius 2 is 2.00 bits per heavy atom. The van der Waals surface area contributed by atoms with Crippen LogP contribution < -0.4 is 4.90 Å². The third kappa shape index (κ3) is 1.69. The maximum Gasteiger partial charge on any atom is 0.0553 e. The van der Waals surface area contributed by atoms with Gasteiger partial charge in [-0.05, 0) is 45.1 Å². The molecule has 0 unspecified atom stereocenters. The highest BCUT2D eigenvalue weighted by Gasteiger charge is 2.44. The van der Waals surface area contributed by atoms with Gasteiger partial charge in [-0.1, -0.05) is 0 Å². The van der Waals surface area contributed by atoms with Gasteiger partial charge in [-0.2, -0.15) is 0 Å². The van der Waals surface area contributed by atoms with Crippen molar-refractivity contribution in [2.75, 3.05) is 38.1 Å². The number of rotatable bonds is 1. The summed E-state index contributed by atoms with van der Waals surface area (Å²) in [6.07, 6.45) is 6.54. The molecule has 0 N–H and O–H groups in total. The number of nitrogens with zero attached hydrogens (tertiary/aromatic N) is 3. The molecule has 1 spiro atoms. The van der Waals surface area contributed by atoms with E-state index in [2.05, 4.69) is 27.9 Å². The summed E-state index contributed by atoms with van der Waals surface area (Å²) < 4.78 is 0. The van der Waals surface area contributed by atoms with E-state index in [1.165, 1.54) is 44.7 Å². The number of pyridine rings is 1. The average molecular weight is 217 g/mol. The van der Waals surface area contributed by atoms with Crippen LogP contribution in [0.3, 0.4) is 0 Å². The molecule has 2 aliphatic rings. The average Bonchev–Trinajstić information content (AvgIpc) is 2.29. The molecular formula is C13H19N3. The zero-order chi connectivity index (χ0) is 11.0. The molecule has 2 aliphatic heterocycles. The standard InChI is InChI=1S/C13H19N3/c1-15-7-4-13(5-8-15)10-16(11-13)12-3-2-6-14-9-12/h2-3,6,9H,4-5,7-8,10-11H2,1H3. The smallest absolute Gasteiger partial charge is 0.0553 e. The van der Waals surface area contributed by atoms with E-state index in [-0.39, 0.29) is 0 Å². The van der Waals surface area contributed by atoms with Crippen LogP contribution in [-0.2, 0) is 0 Å². The Kier molecular flexibility index (Phi) is 2.36. The van der Waals surface area contributed by atoms with Crippen LogP contribution in [-0.4, -0.2) is 43.1 Å². The van der Waals surface area contributed by atoms with E-state index >= 15 is 0 Å². The molecule has 3 nitrogen and oxygen atoms in total. The fourth-order valence-electron chi connectivity index (χ4n) is 2.90. The van der Waals surface area contributed by atoms with Crippen LogP contribution in [0, 0.1) is 5.41 Å². The predicted molar refractivity (Wildman–Crippen MR) is 65.6 cm³/mol. The van der Waals surface area contributed by atoms with E-state index in [1.807, 2.05) is 18.5 Å². The Hall–Kier alpha value is -1.09. The Morgan fingerprint density at radius 1 is 1.25 bits per heavy atom. The molecule has 0 atom stereocenters. The first-order valence-corrected chi connectivity index (χ1v) is 6.11. The van der Waals surface area contributed by atoms with Crippen LogP contribution in [0.2, 0.25) is 0 Å². The number of hydrogen-bond donors (Lipinski definition) is 0. The summed E-state index contributed by atoms with van der Waals surface area (Å²) in [4.78, 5) is 9.08. The molecule has 1 aromatic heterocycles. The molecule has 3 rings (SSSR count). The van der Waals surface area contributed by atoms with Gasteiger partial charge in [0.15, 0.2) is 0 Å². The van der Waals surface area contributed by atoms with Gasteiger partial charge in [-0.3, -0.25) is 4.98 Å². The quantitative estimate of drug-likeness (QED) is 0.712. The van der Waals surface area contributed by atoms with Crippen LogP contribution in [0.15, 0.2) is 24.5 Å². The van der Waals surface area contributed by atoms with Gasteiger partial charge in [0.25, 0.3) is 0 Å². The molecule has 0 amide bonds. The number of likely N-dealkylation sites (tertiary alicyclic amines) is 1. The number of piperidine rings is 1. The molecule has 3 heteroatoms. The Bertz CT molecular complexity index is 347. The minimum Gasteiger partial charge on any atom is -0.369 e. The Morgan fingerprint density at radius 3 is 2.62 bits per heavy atom. The summed E-state index contributed by atoms with van der Waals surface area (Å²) in [6.45, 7) is 4.99. The van der Waals surface area contributed by atoms with E-state index in [0.29, 0.717) is 5.41 Å². The fourth-order valence-corrected chi connectivity index (χ4v) is 2.90. The maximum absolute atomic E-state index is 4.18. The van der Waals surface area contributed by atoms with Crippen LogP contribution in [0.4, 0.5) is 5.69 Å². The van der Waals surface area contributed by atoms with Gasteiger partial charge in [0.2, 0.25) is 0 Å². The van der Waals surface area contributed by atoms with Gasteiger partial charge >= 0.3 is 0 Å². The number of aromatic nitrogens is 1. The van der Waals surface area contributed by atoms with E-state index in [0.717, 1.165) is 0 Å². The molecule has 0 saturated carbocycles. The lowest BCUT2D eigenvalue weighted by molar-refractivity contribution is 0.0906. The van der Waals surface area contributed by atoms with E-state index < -0.39 is 0 Å². The van der Waals surface area contributed by atoms with Gasteiger partial charge in [0.1, 0.15) is 0 Å². The third-order valence-electron chi connectivity index (χ3n) is 4.11. The summed E-state index contributed by atoms with van der Waals surface area (Å²) in [6, 6.07) is 4.18. The highest BCUT2D eigenvalue weighted by Crippen LogP contribution is 2.41. The molecule has 2 fully saturated rings. The van der Waals surface area contributed by atoms with E-state index in [9.17, 15) is 0 Å². The molecule has 0 aliphatic carbocycles. The lowest BCUT2D eigenvalue weighted by atomic mass is 9.72. The number of anilines is 1. The van der Waals surface area contributed by atoms with Crippen molar-refractivity contribution in [2.24, 2.45) is 5.41 Å². The summed E-state index contributed by atoms with van der Waals surface area (Å²) in [5, 5.41) is 0. The van der Waals surface area contributed by atoms with Gasteiger partial charge in [0.05, 0.1) is 11.9 Å². The van der Waals surface area contributed by atoms with Crippen molar-refractivity contribution in [3.8, 4) is 0 Å². The lowest BCUT2D eigenvalue weighted by Crippen LogP contribution is -2.60. The van der Waals surface area contributed by atoms with E-state index in [1.54, 1.807) is 0 Å². The summed E-state index contributed by atoms with van der Waals surface area (Å²) >= 11 is 0. The van der Waals surface area contributed by atoms with Crippen LogP contribution in [0.1, 0.15) is 12.8 Å². The monoisotopic (exact) mass is 217 g/mol. The Balaban J connectivity index is 1.62. The number of hydrogen-bond acceptors (Lipinski definition) is 3. The van der Waals surface area contributed by atoms with E-state index in [4.69, 9.17) is 0 Å². The van der Waals surface area contributed by atoms with Gasteiger partial charge in [0, 0.05) is 24.7 Å². The van der Waals surface area contributed by atoms with Crippen LogP contribution in [0.5, 0.6) is 0 Å². The SMILES string of the molecule is CN1CCC2(CC1)CN(c1cccnc1)C2. The maximum atomic E-state index is 4.18. The van der Waals surface area contributed by atoms with Gasteiger partial charge in [-0.15, -0.1) is 0 Å². The zero-order valence-corrected chi connectivity index (χ0v) is 9.89. The van der Waals surface area contributed by atoms with Crippen LogP contribution in [0.25, 0.3) is 0 Å². The Labute approximate surface area is 97.1 Å². The normalized spacial score (nSPS) is 24.4. The highest BCUT2D eigenvalue weighted by atomic mass is 15.2. The first kappa shape index (κ1) is 10.1. The van der Waals surface area contributed by atoms with Crippen molar-refractivity contribution in [1.82, 2.24) is 9.88 Å². The zero-order valence-electron chi connectivity index (χ0n) is 9.89. The van der Waals surface area contributed by atoms with Crippen molar-refractivity contribution in [2.45, 2.75) is 12.8 Å². The second-order valence-corrected chi connectivity index (χ2v) is 5.37. The minimum absolute atomic E-state index is 0.613. The van der Waals surface area contributed by atoms with Gasteiger partial charge < -0.3 is 9.80 Å². The molecule has 0 bridgehead atoms. The van der Waals surface area contributed by atoms with Crippen molar-refractivity contribution < 1.29 is 0 Å².